The minimum atomic E-state index is -0.374. The van der Waals surface area contributed by atoms with E-state index in [1.54, 1.807) is 0 Å². The average Bonchev–Trinajstić information content (AvgIpc) is 2.88. The van der Waals surface area contributed by atoms with Gasteiger partial charge in [0.1, 0.15) is 11.6 Å². The summed E-state index contributed by atoms with van der Waals surface area (Å²) in [6.45, 7) is 0. The summed E-state index contributed by atoms with van der Waals surface area (Å²) in [6.07, 6.45) is 5.08. The van der Waals surface area contributed by atoms with Gasteiger partial charge in [0.05, 0.1) is 0 Å². The molecule has 100 valence electrons. The molecule has 4 heteroatoms. The number of hydrogen-bond donors (Lipinski definition) is 1. The van der Waals surface area contributed by atoms with E-state index in [1.807, 2.05) is 7.05 Å². The van der Waals surface area contributed by atoms with Crippen LogP contribution in [0, 0.1) is 17.6 Å². The minimum Gasteiger partial charge on any atom is -0.316 e. The molecule has 0 heterocycles. The van der Waals surface area contributed by atoms with E-state index in [4.69, 9.17) is 0 Å². The van der Waals surface area contributed by atoms with Gasteiger partial charge in [-0.2, -0.15) is 0 Å². The molecule has 2 rings (SSSR count). The average molecular weight is 271 g/mol. The highest BCUT2D eigenvalue weighted by molar-refractivity contribution is 7.99. The Kier molecular flexibility index (Phi) is 5.01. The summed E-state index contributed by atoms with van der Waals surface area (Å²) in [7, 11) is 1.95. The van der Waals surface area contributed by atoms with Gasteiger partial charge in [-0.1, -0.05) is 12.8 Å². The Bertz CT molecular complexity index is 391. The van der Waals surface area contributed by atoms with Crippen LogP contribution in [0.5, 0.6) is 0 Å². The van der Waals surface area contributed by atoms with Crippen LogP contribution in [0.1, 0.15) is 25.7 Å². The summed E-state index contributed by atoms with van der Waals surface area (Å²) in [4.78, 5) is 0.410. The van der Waals surface area contributed by atoms with Crippen molar-refractivity contribution in [1.82, 2.24) is 5.32 Å². The van der Waals surface area contributed by atoms with E-state index in [1.165, 1.54) is 49.6 Å². The molecule has 1 saturated carbocycles. The molecule has 1 nitrogen and oxygen atoms in total. The molecule has 0 amide bonds. The lowest BCUT2D eigenvalue weighted by Crippen LogP contribution is -2.34. The zero-order valence-electron chi connectivity index (χ0n) is 10.6. The number of thioether (sulfide) groups is 1. The standard InChI is InChI=1S/C14H19F2NS/c1-17-13(10-4-2-3-5-10)9-18-14-8-11(15)6-7-12(14)16/h6-8,10,13,17H,2-5,9H2,1H3. The summed E-state index contributed by atoms with van der Waals surface area (Å²) in [5.41, 5.74) is 0. The largest absolute Gasteiger partial charge is 0.316 e. The first-order valence-electron chi connectivity index (χ1n) is 6.46. The molecule has 0 bridgehead atoms. The fraction of sp³-hybridized carbons (Fsp3) is 0.571. The zero-order chi connectivity index (χ0) is 13.0. The van der Waals surface area contributed by atoms with Gasteiger partial charge in [-0.05, 0) is 44.0 Å². The van der Waals surface area contributed by atoms with Gasteiger partial charge < -0.3 is 5.32 Å². The lowest BCUT2D eigenvalue weighted by molar-refractivity contribution is 0.410. The van der Waals surface area contributed by atoms with Crippen LogP contribution in [0.25, 0.3) is 0 Å². The lowest BCUT2D eigenvalue weighted by atomic mass is 10.0. The molecule has 1 aromatic rings. The fourth-order valence-corrected chi connectivity index (χ4v) is 3.78. The van der Waals surface area contributed by atoms with Crippen LogP contribution in [0.3, 0.4) is 0 Å². The Balaban J connectivity index is 1.94. The van der Waals surface area contributed by atoms with Gasteiger partial charge in [0, 0.05) is 16.7 Å². The highest BCUT2D eigenvalue weighted by atomic mass is 32.2. The summed E-state index contributed by atoms with van der Waals surface area (Å²) < 4.78 is 26.6. The minimum absolute atomic E-state index is 0.331. The molecule has 1 aliphatic carbocycles. The van der Waals surface area contributed by atoms with Crippen molar-refractivity contribution >= 4 is 11.8 Å². The van der Waals surface area contributed by atoms with Crippen LogP contribution in [0.4, 0.5) is 8.78 Å². The van der Waals surface area contributed by atoms with E-state index in [0.29, 0.717) is 16.9 Å². The Morgan fingerprint density at radius 3 is 2.72 bits per heavy atom. The van der Waals surface area contributed by atoms with Crippen molar-refractivity contribution in [2.24, 2.45) is 5.92 Å². The number of benzene rings is 1. The molecule has 0 spiro atoms. The third-order valence-electron chi connectivity index (χ3n) is 3.65. The second-order valence-electron chi connectivity index (χ2n) is 4.83. The maximum Gasteiger partial charge on any atom is 0.136 e. The SMILES string of the molecule is CNC(CSc1cc(F)ccc1F)C1CCCC1. The number of halogens is 2. The van der Waals surface area contributed by atoms with Gasteiger partial charge in [-0.25, -0.2) is 8.78 Å². The van der Waals surface area contributed by atoms with Crippen molar-refractivity contribution in [3.05, 3.63) is 29.8 Å². The first-order valence-corrected chi connectivity index (χ1v) is 7.44. The van der Waals surface area contributed by atoms with E-state index in [9.17, 15) is 8.78 Å². The van der Waals surface area contributed by atoms with Crippen LogP contribution in [0.15, 0.2) is 23.1 Å². The van der Waals surface area contributed by atoms with Gasteiger partial charge in [0.25, 0.3) is 0 Å². The number of hydrogen-bond acceptors (Lipinski definition) is 2. The van der Waals surface area contributed by atoms with Crippen molar-refractivity contribution in [3.63, 3.8) is 0 Å². The fourth-order valence-electron chi connectivity index (χ4n) is 2.58. The highest BCUT2D eigenvalue weighted by Gasteiger charge is 2.24. The van der Waals surface area contributed by atoms with Crippen LogP contribution < -0.4 is 5.32 Å². The molecule has 0 aromatic heterocycles. The Morgan fingerprint density at radius 1 is 1.33 bits per heavy atom. The topological polar surface area (TPSA) is 12.0 Å². The first kappa shape index (κ1) is 13.8. The molecule has 0 aliphatic heterocycles. The predicted molar refractivity (Wildman–Crippen MR) is 71.9 cm³/mol. The molecule has 18 heavy (non-hydrogen) atoms. The number of rotatable bonds is 5. The maximum atomic E-state index is 13.5. The van der Waals surface area contributed by atoms with E-state index in [2.05, 4.69) is 5.32 Å². The molecule has 1 aliphatic rings. The molecule has 1 unspecified atom stereocenters. The molecule has 1 N–H and O–H groups in total. The summed E-state index contributed by atoms with van der Waals surface area (Å²) in [5.74, 6) is 0.768. The van der Waals surface area contributed by atoms with Crippen molar-refractivity contribution in [1.29, 1.82) is 0 Å². The van der Waals surface area contributed by atoms with E-state index in [-0.39, 0.29) is 11.6 Å². The molecule has 0 radical (unpaired) electrons. The van der Waals surface area contributed by atoms with Crippen LogP contribution in [-0.4, -0.2) is 18.8 Å². The van der Waals surface area contributed by atoms with E-state index < -0.39 is 0 Å². The first-order chi connectivity index (χ1) is 8.70. The third kappa shape index (κ3) is 3.45. The van der Waals surface area contributed by atoms with E-state index in [0.717, 1.165) is 11.8 Å². The molecule has 1 aromatic carbocycles. The van der Waals surface area contributed by atoms with Gasteiger partial charge in [-0.3, -0.25) is 0 Å². The van der Waals surface area contributed by atoms with Crippen molar-refractivity contribution in [2.45, 2.75) is 36.6 Å². The molecule has 0 saturated heterocycles. The third-order valence-corrected chi connectivity index (χ3v) is 4.80. The maximum absolute atomic E-state index is 13.5. The highest BCUT2D eigenvalue weighted by Crippen LogP contribution is 2.31. The normalized spacial score (nSPS) is 18.2. The van der Waals surface area contributed by atoms with Crippen molar-refractivity contribution in [3.8, 4) is 0 Å². The van der Waals surface area contributed by atoms with Crippen molar-refractivity contribution in [2.75, 3.05) is 12.8 Å². The van der Waals surface area contributed by atoms with Gasteiger partial charge in [0.2, 0.25) is 0 Å². The molecule has 1 atom stereocenters. The van der Waals surface area contributed by atoms with Gasteiger partial charge in [0.15, 0.2) is 0 Å². The Morgan fingerprint density at radius 2 is 2.06 bits per heavy atom. The summed E-state index contributed by atoms with van der Waals surface area (Å²) in [6, 6.07) is 4.02. The molecule has 1 fully saturated rings. The van der Waals surface area contributed by atoms with Gasteiger partial charge in [-0.15, -0.1) is 11.8 Å². The molecular formula is C14H19F2NS. The smallest absolute Gasteiger partial charge is 0.136 e. The van der Waals surface area contributed by atoms with Crippen LogP contribution in [0.2, 0.25) is 0 Å². The van der Waals surface area contributed by atoms with Gasteiger partial charge >= 0.3 is 0 Å². The monoisotopic (exact) mass is 271 g/mol. The number of nitrogens with one attached hydrogen (secondary N) is 1. The molecular weight excluding hydrogens is 252 g/mol. The summed E-state index contributed by atoms with van der Waals surface area (Å²) in [5, 5.41) is 3.31. The predicted octanol–water partition coefficient (Wildman–Crippen LogP) is 3.84. The van der Waals surface area contributed by atoms with E-state index >= 15 is 0 Å². The zero-order valence-corrected chi connectivity index (χ0v) is 11.4. The van der Waals surface area contributed by atoms with Crippen LogP contribution in [-0.2, 0) is 0 Å². The Hall–Kier alpha value is -0.610. The van der Waals surface area contributed by atoms with Crippen LogP contribution >= 0.6 is 11.8 Å². The van der Waals surface area contributed by atoms with Crippen molar-refractivity contribution < 1.29 is 8.78 Å². The quantitative estimate of drug-likeness (QED) is 0.817. The second-order valence-corrected chi connectivity index (χ2v) is 5.89. The summed E-state index contributed by atoms with van der Waals surface area (Å²) >= 11 is 1.40. The lowest BCUT2D eigenvalue weighted by Gasteiger charge is -2.22. The Labute approximate surface area is 111 Å². The second kappa shape index (κ2) is 6.53.